The maximum absolute atomic E-state index is 13.0. The summed E-state index contributed by atoms with van der Waals surface area (Å²) >= 11 is 0. The van der Waals surface area contributed by atoms with Crippen molar-refractivity contribution in [1.29, 1.82) is 0 Å². The Balaban J connectivity index is 5.22. The molecule has 0 saturated heterocycles. The topological polar surface area (TPSA) is 237 Å². The molecule has 0 aromatic carbocycles. The molecule has 0 aliphatic heterocycles. The largest absolute Gasteiger partial charge is 0.472 e. The first-order chi connectivity index (χ1) is 44.6. The van der Waals surface area contributed by atoms with E-state index in [-0.39, 0.29) is 25.7 Å². The van der Waals surface area contributed by atoms with Gasteiger partial charge in [0.15, 0.2) is 12.2 Å². The van der Waals surface area contributed by atoms with Crippen molar-refractivity contribution in [2.24, 2.45) is 23.7 Å². The molecule has 93 heavy (non-hydrogen) atoms. The Morgan fingerprint density at radius 1 is 0.301 bits per heavy atom. The average molecular weight is 1370 g/mol. The molecule has 0 aromatic heterocycles. The standard InChI is InChI=1S/C74H144O17P2/c1-9-67(8)53-45-37-28-24-25-31-41-49-57-74(79)91-69(60-84-71(76)54-46-38-29-22-18-15-14-17-21-27-35-43-51-65(4)5)62-88-92(80,81)86-58-68(75)59-87-93(82,83)89-63-70(61-85-72(77)55-47-39-33-32-36-44-52-66(6)7)90-73(78)56-48-40-30-23-19-13-11-10-12-16-20-26-34-42-50-64(2)3/h64-70,75H,9-63H2,1-8H3,(H,80,81)(H,82,83)/t67?,68?,69-,70-/m1/s1. The highest BCUT2D eigenvalue weighted by Gasteiger charge is 2.30. The number of carbonyl (C=O) groups excluding carboxylic acids is 4. The van der Waals surface area contributed by atoms with Crippen molar-refractivity contribution < 1.29 is 80.2 Å². The zero-order valence-electron chi connectivity index (χ0n) is 60.9. The van der Waals surface area contributed by atoms with E-state index in [0.29, 0.717) is 31.6 Å². The van der Waals surface area contributed by atoms with Crippen molar-refractivity contribution in [2.45, 2.75) is 388 Å². The zero-order valence-corrected chi connectivity index (χ0v) is 62.7. The number of carbonyl (C=O) groups is 4. The summed E-state index contributed by atoms with van der Waals surface area (Å²) in [6, 6.07) is 0. The van der Waals surface area contributed by atoms with E-state index in [2.05, 4.69) is 55.4 Å². The van der Waals surface area contributed by atoms with Gasteiger partial charge in [0.25, 0.3) is 0 Å². The molecule has 17 nitrogen and oxygen atoms in total. The molecule has 0 amide bonds. The van der Waals surface area contributed by atoms with Crippen molar-refractivity contribution in [2.75, 3.05) is 39.6 Å². The second-order valence-corrected chi connectivity index (χ2v) is 31.3. The zero-order chi connectivity index (χ0) is 68.9. The third-order valence-corrected chi connectivity index (χ3v) is 19.3. The van der Waals surface area contributed by atoms with E-state index in [1.54, 1.807) is 0 Å². The predicted molar refractivity (Wildman–Crippen MR) is 377 cm³/mol. The molecule has 0 aliphatic rings. The molecule has 0 heterocycles. The molecule has 6 atom stereocenters. The van der Waals surface area contributed by atoms with E-state index in [0.717, 1.165) is 114 Å². The lowest BCUT2D eigenvalue weighted by Gasteiger charge is -2.21. The van der Waals surface area contributed by atoms with Crippen molar-refractivity contribution >= 4 is 39.5 Å². The van der Waals surface area contributed by atoms with Gasteiger partial charge in [0.2, 0.25) is 0 Å². The van der Waals surface area contributed by atoms with Crippen molar-refractivity contribution in [1.82, 2.24) is 0 Å². The highest BCUT2D eigenvalue weighted by Crippen LogP contribution is 2.45. The second kappa shape index (κ2) is 63.5. The summed E-state index contributed by atoms with van der Waals surface area (Å²) < 4.78 is 68.4. The molecule has 19 heteroatoms. The Morgan fingerprint density at radius 3 is 0.763 bits per heavy atom. The monoisotopic (exact) mass is 1370 g/mol. The van der Waals surface area contributed by atoms with Gasteiger partial charge < -0.3 is 33.8 Å². The quantitative estimate of drug-likeness (QED) is 0.0222. The first-order valence-electron chi connectivity index (χ1n) is 38.2. The molecule has 552 valence electrons. The van der Waals surface area contributed by atoms with Crippen LogP contribution in [0.3, 0.4) is 0 Å². The molecule has 0 saturated carbocycles. The molecule has 4 unspecified atom stereocenters. The number of aliphatic hydroxyl groups excluding tert-OH is 1. The Labute approximate surface area is 568 Å². The fourth-order valence-corrected chi connectivity index (χ4v) is 12.7. The van der Waals surface area contributed by atoms with Gasteiger partial charge in [-0.15, -0.1) is 0 Å². The van der Waals surface area contributed by atoms with Crippen LogP contribution in [-0.2, 0) is 65.4 Å². The lowest BCUT2D eigenvalue weighted by atomic mass is 9.99. The minimum absolute atomic E-state index is 0.104. The van der Waals surface area contributed by atoms with Gasteiger partial charge >= 0.3 is 39.5 Å². The van der Waals surface area contributed by atoms with Crippen LogP contribution in [0.1, 0.15) is 370 Å². The first-order valence-corrected chi connectivity index (χ1v) is 41.2. The highest BCUT2D eigenvalue weighted by molar-refractivity contribution is 7.47. The van der Waals surface area contributed by atoms with Gasteiger partial charge in [-0.1, -0.05) is 319 Å². The van der Waals surface area contributed by atoms with Crippen molar-refractivity contribution in [3.8, 4) is 0 Å². The van der Waals surface area contributed by atoms with Crippen LogP contribution >= 0.6 is 15.6 Å². The number of hydrogen-bond acceptors (Lipinski definition) is 15. The molecule has 3 N–H and O–H groups in total. The minimum Gasteiger partial charge on any atom is -0.462 e. The molecule has 0 bridgehead atoms. The number of esters is 4. The maximum Gasteiger partial charge on any atom is 0.472 e. The van der Waals surface area contributed by atoms with Crippen LogP contribution in [0, 0.1) is 23.7 Å². The summed E-state index contributed by atoms with van der Waals surface area (Å²) in [7, 11) is -9.91. The van der Waals surface area contributed by atoms with Crippen LogP contribution in [0.2, 0.25) is 0 Å². The molecule has 0 radical (unpaired) electrons. The van der Waals surface area contributed by atoms with Crippen LogP contribution in [0.4, 0.5) is 0 Å². The van der Waals surface area contributed by atoms with Crippen molar-refractivity contribution in [3.05, 3.63) is 0 Å². The number of rotatable bonds is 71. The van der Waals surface area contributed by atoms with Crippen LogP contribution in [0.15, 0.2) is 0 Å². The minimum atomic E-state index is -4.96. The van der Waals surface area contributed by atoms with E-state index in [1.165, 1.54) is 167 Å². The molecule has 0 aromatic rings. The number of aliphatic hydroxyl groups is 1. The normalized spacial score (nSPS) is 14.5. The van der Waals surface area contributed by atoms with E-state index < -0.39 is 97.5 Å². The molecular weight excluding hydrogens is 1220 g/mol. The highest BCUT2D eigenvalue weighted by atomic mass is 31.2. The molecule has 0 fully saturated rings. The Bertz CT molecular complexity index is 1840. The molecular formula is C74H144O17P2. The van der Waals surface area contributed by atoms with Gasteiger partial charge in [-0.25, -0.2) is 9.13 Å². The molecule has 0 spiro atoms. The van der Waals surface area contributed by atoms with E-state index in [4.69, 9.17) is 37.0 Å². The van der Waals surface area contributed by atoms with Crippen molar-refractivity contribution in [3.63, 3.8) is 0 Å². The molecule has 0 rings (SSSR count). The summed E-state index contributed by atoms with van der Waals surface area (Å²) in [4.78, 5) is 72.7. The number of hydrogen-bond donors (Lipinski definition) is 3. The maximum atomic E-state index is 13.0. The summed E-state index contributed by atoms with van der Waals surface area (Å²) in [5.41, 5.74) is 0. The lowest BCUT2D eigenvalue weighted by Crippen LogP contribution is -2.30. The van der Waals surface area contributed by atoms with E-state index >= 15 is 0 Å². The van der Waals surface area contributed by atoms with Gasteiger partial charge in [0.05, 0.1) is 26.4 Å². The summed E-state index contributed by atoms with van der Waals surface area (Å²) in [6.45, 7) is 14.1. The van der Waals surface area contributed by atoms with Crippen LogP contribution in [0.25, 0.3) is 0 Å². The Kier molecular flexibility index (Phi) is 62.2. The van der Waals surface area contributed by atoms with Gasteiger partial charge in [0, 0.05) is 25.7 Å². The third-order valence-electron chi connectivity index (χ3n) is 17.4. The first kappa shape index (κ1) is 91.1. The Morgan fingerprint density at radius 2 is 0.516 bits per heavy atom. The fraction of sp³-hybridized carbons (Fsp3) is 0.946. The molecule has 0 aliphatic carbocycles. The van der Waals surface area contributed by atoms with E-state index in [1.807, 2.05) is 0 Å². The number of phosphoric ester groups is 2. The van der Waals surface area contributed by atoms with Gasteiger partial charge in [-0.05, 0) is 49.4 Å². The smallest absolute Gasteiger partial charge is 0.462 e. The van der Waals surface area contributed by atoms with Crippen LogP contribution in [0.5, 0.6) is 0 Å². The summed E-state index contributed by atoms with van der Waals surface area (Å²) in [5, 5.41) is 10.6. The SMILES string of the molecule is CCC(C)CCCCCCCCCCC(=O)O[C@H](COC(=O)CCCCCCCCCCCCCCC(C)C)COP(=O)(O)OCC(O)COP(=O)(O)OC[C@@H](COC(=O)CCCCCCCCC(C)C)OC(=O)CCCCCCCCCCCCCCCCC(C)C. The number of ether oxygens (including phenoxy) is 4. The fourth-order valence-electron chi connectivity index (χ4n) is 11.2. The third kappa shape index (κ3) is 67.0. The Hall–Kier alpha value is -1.94. The summed E-state index contributed by atoms with van der Waals surface area (Å²) in [6.07, 6.45) is 47.3. The number of unbranched alkanes of at least 4 members (excludes halogenated alkanes) is 36. The number of phosphoric acid groups is 2. The van der Waals surface area contributed by atoms with Gasteiger partial charge in [-0.3, -0.25) is 37.3 Å². The predicted octanol–water partition coefficient (Wildman–Crippen LogP) is 21.3. The second-order valence-electron chi connectivity index (χ2n) is 28.4. The lowest BCUT2D eigenvalue weighted by molar-refractivity contribution is -0.161. The average Bonchev–Trinajstić information content (AvgIpc) is 3.39. The van der Waals surface area contributed by atoms with Crippen LogP contribution in [-0.4, -0.2) is 96.7 Å². The summed E-state index contributed by atoms with van der Waals surface area (Å²) in [5.74, 6) is 0.900. The van der Waals surface area contributed by atoms with Gasteiger partial charge in [0.1, 0.15) is 19.3 Å². The van der Waals surface area contributed by atoms with Gasteiger partial charge in [-0.2, -0.15) is 0 Å². The van der Waals surface area contributed by atoms with Crippen LogP contribution < -0.4 is 0 Å². The van der Waals surface area contributed by atoms with E-state index in [9.17, 15) is 43.2 Å².